The van der Waals surface area contributed by atoms with Gasteiger partial charge in [0.15, 0.2) is 0 Å². The summed E-state index contributed by atoms with van der Waals surface area (Å²) in [6, 6.07) is 6.59. The van der Waals surface area contributed by atoms with Gasteiger partial charge in [0.2, 0.25) is 0 Å². The molecule has 1 N–H and O–H groups in total. The number of hydrogen-bond donors (Lipinski definition) is 1. The van der Waals surface area contributed by atoms with Crippen LogP contribution in [0.25, 0.3) is 0 Å². The Balaban J connectivity index is 2.10. The molecule has 1 fully saturated rings. The van der Waals surface area contributed by atoms with Crippen molar-refractivity contribution in [3.63, 3.8) is 0 Å². The van der Waals surface area contributed by atoms with E-state index < -0.39 is 11.9 Å². The van der Waals surface area contributed by atoms with Crippen LogP contribution in [0.3, 0.4) is 0 Å². The molecule has 0 spiro atoms. The van der Waals surface area contributed by atoms with Gasteiger partial charge < -0.3 is 10.0 Å². The molecular formula is C15H14NO3. The average molecular weight is 256 g/mol. The highest BCUT2D eigenvalue weighted by molar-refractivity contribution is 5.94. The Kier molecular flexibility index (Phi) is 3.86. The second-order valence-corrected chi connectivity index (χ2v) is 4.63. The monoisotopic (exact) mass is 256 g/mol. The summed E-state index contributed by atoms with van der Waals surface area (Å²) >= 11 is 0. The molecule has 1 heterocycles. The zero-order chi connectivity index (χ0) is 13.8. The summed E-state index contributed by atoms with van der Waals surface area (Å²) in [5.41, 5.74) is 1.13. The Morgan fingerprint density at radius 1 is 1.32 bits per heavy atom. The molecular weight excluding hydrogens is 242 g/mol. The number of carboxylic acid groups (broad SMARTS) is 1. The van der Waals surface area contributed by atoms with E-state index in [2.05, 4.69) is 5.92 Å². The van der Waals surface area contributed by atoms with E-state index in [9.17, 15) is 9.59 Å². The van der Waals surface area contributed by atoms with Crippen LogP contribution < -0.4 is 0 Å². The first-order chi connectivity index (χ1) is 9.11. The van der Waals surface area contributed by atoms with Gasteiger partial charge in [0.05, 0.1) is 5.92 Å². The summed E-state index contributed by atoms with van der Waals surface area (Å²) in [5.74, 6) is 0.784. The van der Waals surface area contributed by atoms with Gasteiger partial charge in [0.25, 0.3) is 5.91 Å². The number of aliphatic carboxylic acids is 1. The fourth-order valence-electron chi connectivity index (χ4n) is 2.24. The van der Waals surface area contributed by atoms with Crippen molar-refractivity contribution in [3.8, 4) is 5.92 Å². The number of benzene rings is 1. The maximum absolute atomic E-state index is 12.2. The summed E-state index contributed by atoms with van der Waals surface area (Å²) in [4.78, 5) is 24.8. The predicted octanol–water partition coefficient (Wildman–Crippen LogP) is 1.56. The van der Waals surface area contributed by atoms with Crippen LogP contribution in [0.2, 0.25) is 0 Å². The van der Waals surface area contributed by atoms with E-state index >= 15 is 0 Å². The number of carboxylic acids is 1. The molecule has 1 aromatic carbocycles. The Labute approximate surface area is 112 Å². The molecule has 97 valence electrons. The first-order valence-corrected chi connectivity index (χ1v) is 6.16. The van der Waals surface area contributed by atoms with E-state index in [1.54, 1.807) is 29.2 Å². The van der Waals surface area contributed by atoms with Crippen molar-refractivity contribution in [2.75, 3.05) is 13.1 Å². The van der Waals surface area contributed by atoms with Crippen LogP contribution in [0, 0.1) is 18.3 Å². The highest BCUT2D eigenvalue weighted by Gasteiger charge is 2.28. The fraction of sp³-hybridized carbons (Fsp3) is 0.333. The smallest absolute Gasteiger partial charge is 0.308 e. The van der Waals surface area contributed by atoms with Crippen molar-refractivity contribution >= 4 is 11.9 Å². The SMILES string of the molecule is [C]#Cc1ccc(C(=O)N2CCCC(C(=O)O)C2)cc1. The first-order valence-electron chi connectivity index (χ1n) is 6.16. The van der Waals surface area contributed by atoms with Gasteiger partial charge in [-0.25, -0.2) is 0 Å². The lowest BCUT2D eigenvalue weighted by molar-refractivity contribution is -0.143. The van der Waals surface area contributed by atoms with Crippen molar-refractivity contribution < 1.29 is 14.7 Å². The van der Waals surface area contributed by atoms with E-state index in [0.29, 0.717) is 24.1 Å². The molecule has 1 aromatic rings. The van der Waals surface area contributed by atoms with Gasteiger partial charge in [-0.1, -0.05) is 5.92 Å². The molecule has 1 aliphatic rings. The van der Waals surface area contributed by atoms with Gasteiger partial charge in [-0.15, -0.1) is 0 Å². The molecule has 1 saturated heterocycles. The Bertz CT molecular complexity index is 527. The van der Waals surface area contributed by atoms with Crippen LogP contribution in [-0.2, 0) is 4.79 Å². The van der Waals surface area contributed by atoms with Crippen molar-refractivity contribution in [3.05, 3.63) is 41.8 Å². The molecule has 19 heavy (non-hydrogen) atoms. The molecule has 1 radical (unpaired) electrons. The molecule has 4 heteroatoms. The summed E-state index contributed by atoms with van der Waals surface area (Å²) in [5, 5.41) is 9.01. The van der Waals surface area contributed by atoms with Crippen molar-refractivity contribution in [2.24, 2.45) is 5.92 Å². The second-order valence-electron chi connectivity index (χ2n) is 4.63. The zero-order valence-electron chi connectivity index (χ0n) is 10.4. The molecule has 1 aliphatic heterocycles. The Morgan fingerprint density at radius 3 is 2.58 bits per heavy atom. The Hall–Kier alpha value is -2.28. The minimum atomic E-state index is -0.841. The van der Waals surface area contributed by atoms with E-state index in [1.165, 1.54) is 0 Å². The molecule has 0 aliphatic carbocycles. The van der Waals surface area contributed by atoms with Gasteiger partial charge in [0, 0.05) is 24.2 Å². The highest BCUT2D eigenvalue weighted by atomic mass is 16.4. The molecule has 0 bridgehead atoms. The minimum Gasteiger partial charge on any atom is -0.481 e. The van der Waals surface area contributed by atoms with Crippen LogP contribution in [0.15, 0.2) is 24.3 Å². The zero-order valence-corrected chi connectivity index (χ0v) is 10.4. The summed E-state index contributed by atoms with van der Waals surface area (Å²) in [6.07, 6.45) is 8.32. The maximum Gasteiger partial charge on any atom is 0.308 e. The van der Waals surface area contributed by atoms with Crippen LogP contribution in [0.5, 0.6) is 0 Å². The van der Waals surface area contributed by atoms with Crippen LogP contribution >= 0.6 is 0 Å². The van der Waals surface area contributed by atoms with E-state index in [0.717, 1.165) is 6.42 Å². The van der Waals surface area contributed by atoms with Gasteiger partial charge in [-0.05, 0) is 43.5 Å². The standard InChI is InChI=1S/C15H14NO3/c1-2-11-5-7-12(8-6-11)14(17)16-9-3-4-13(10-16)15(18)19/h5-8,13H,3-4,9-10H2,(H,18,19). The highest BCUT2D eigenvalue weighted by Crippen LogP contribution is 2.19. The third-order valence-corrected chi connectivity index (χ3v) is 3.33. The number of likely N-dealkylation sites (tertiary alicyclic amines) is 1. The number of piperidine rings is 1. The molecule has 1 unspecified atom stereocenters. The van der Waals surface area contributed by atoms with Gasteiger partial charge in [-0.2, -0.15) is 0 Å². The molecule has 1 amide bonds. The lowest BCUT2D eigenvalue weighted by atomic mass is 9.97. The Morgan fingerprint density at radius 2 is 2.00 bits per heavy atom. The molecule has 2 rings (SSSR count). The van der Waals surface area contributed by atoms with Gasteiger partial charge in [0.1, 0.15) is 0 Å². The second kappa shape index (κ2) is 5.57. The molecule has 0 saturated carbocycles. The normalized spacial score (nSPS) is 18.7. The fourth-order valence-corrected chi connectivity index (χ4v) is 2.24. The number of hydrogen-bond acceptors (Lipinski definition) is 2. The quantitative estimate of drug-likeness (QED) is 0.817. The van der Waals surface area contributed by atoms with Gasteiger partial charge in [-0.3, -0.25) is 9.59 Å². The summed E-state index contributed by atoms with van der Waals surface area (Å²) < 4.78 is 0. The van der Waals surface area contributed by atoms with Gasteiger partial charge >= 0.3 is 5.97 Å². The lowest BCUT2D eigenvalue weighted by Crippen LogP contribution is -2.42. The van der Waals surface area contributed by atoms with Crippen LogP contribution in [-0.4, -0.2) is 35.0 Å². The van der Waals surface area contributed by atoms with Crippen molar-refractivity contribution in [1.29, 1.82) is 0 Å². The topological polar surface area (TPSA) is 57.6 Å². The van der Waals surface area contributed by atoms with Crippen LogP contribution in [0.1, 0.15) is 28.8 Å². The third-order valence-electron chi connectivity index (χ3n) is 3.33. The average Bonchev–Trinajstić information content (AvgIpc) is 2.46. The largest absolute Gasteiger partial charge is 0.481 e. The maximum atomic E-state index is 12.2. The lowest BCUT2D eigenvalue weighted by Gasteiger charge is -2.30. The van der Waals surface area contributed by atoms with E-state index in [1.807, 2.05) is 0 Å². The number of rotatable bonds is 2. The number of carbonyl (C=O) groups excluding carboxylic acids is 1. The minimum absolute atomic E-state index is 0.150. The number of amides is 1. The third kappa shape index (κ3) is 2.94. The molecule has 1 atom stereocenters. The summed E-state index contributed by atoms with van der Waals surface area (Å²) in [6.45, 7) is 0.869. The van der Waals surface area contributed by atoms with E-state index in [4.69, 9.17) is 11.5 Å². The van der Waals surface area contributed by atoms with Crippen molar-refractivity contribution in [2.45, 2.75) is 12.8 Å². The van der Waals surface area contributed by atoms with E-state index in [-0.39, 0.29) is 12.5 Å². The number of carbonyl (C=O) groups is 2. The van der Waals surface area contributed by atoms with Crippen molar-refractivity contribution in [1.82, 2.24) is 4.90 Å². The first kappa shape index (κ1) is 13.2. The summed E-state index contributed by atoms with van der Waals surface area (Å²) in [7, 11) is 0. The molecule has 4 nitrogen and oxygen atoms in total. The predicted molar refractivity (Wildman–Crippen MR) is 68.9 cm³/mol. The number of nitrogens with zero attached hydrogens (tertiary/aromatic N) is 1. The van der Waals surface area contributed by atoms with Crippen LogP contribution in [0.4, 0.5) is 0 Å². The molecule has 0 aromatic heterocycles.